The lowest BCUT2D eigenvalue weighted by Crippen LogP contribution is -2.74. The SMILES string of the molecule is CCC(CC(CC(C)c1ccc(S(N)(=O)=O)cc1)C(=O)OC)(CC(C(F)(F)F)C(F)(F)F)C(=O)OCCC(F)(F)C(F)(F)C(F)(F)C(F)(F)C(F)(F)C(F)(F)C(F)(F)C(F)(F)F. The van der Waals surface area contributed by atoms with Gasteiger partial charge in [-0.1, -0.05) is 26.0 Å². The second-order valence-corrected chi connectivity index (χ2v) is 15.2. The van der Waals surface area contributed by atoms with E-state index in [9.17, 15) is 119 Å². The van der Waals surface area contributed by atoms with Gasteiger partial charge in [0, 0.05) is 0 Å². The third kappa shape index (κ3) is 10.7. The molecule has 1 rings (SSSR count). The van der Waals surface area contributed by atoms with Crippen molar-refractivity contribution in [1.82, 2.24) is 0 Å². The molecule has 0 heterocycles. The Balaban J connectivity index is 3.75. The molecule has 0 bridgehead atoms. The maximum Gasteiger partial charge on any atom is 0.460 e. The zero-order valence-corrected chi connectivity index (χ0v) is 31.7. The Hall–Kier alpha value is -3.54. The smallest absolute Gasteiger partial charge is 0.460 e. The molecule has 0 aliphatic rings. The Morgan fingerprint density at radius 2 is 1.05 bits per heavy atom. The van der Waals surface area contributed by atoms with E-state index in [1.54, 1.807) is 0 Å². The summed E-state index contributed by atoms with van der Waals surface area (Å²) in [4.78, 5) is 25.6. The van der Waals surface area contributed by atoms with Gasteiger partial charge < -0.3 is 9.47 Å². The van der Waals surface area contributed by atoms with Crippen molar-refractivity contribution in [2.75, 3.05) is 13.7 Å². The average Bonchev–Trinajstić information content (AvgIpc) is 3.09. The Kier molecular flexibility index (Phi) is 16.2. The lowest BCUT2D eigenvalue weighted by Gasteiger charge is -2.42. The number of sulfonamides is 1. The van der Waals surface area contributed by atoms with Gasteiger partial charge in [0.1, 0.15) is 0 Å². The van der Waals surface area contributed by atoms with Crippen LogP contribution in [0.5, 0.6) is 0 Å². The van der Waals surface area contributed by atoms with Crippen LogP contribution in [0.25, 0.3) is 0 Å². The Morgan fingerprint density at radius 3 is 1.40 bits per heavy atom. The predicted molar refractivity (Wildman–Crippen MR) is 160 cm³/mol. The summed E-state index contributed by atoms with van der Waals surface area (Å²) in [5.41, 5.74) is -3.38. The molecule has 31 heteroatoms. The van der Waals surface area contributed by atoms with Crippen molar-refractivity contribution >= 4 is 22.0 Å². The molecule has 0 aliphatic heterocycles. The third-order valence-corrected chi connectivity index (χ3v) is 10.4. The van der Waals surface area contributed by atoms with Gasteiger partial charge in [-0.15, -0.1) is 0 Å². The predicted octanol–water partition coefficient (Wildman–Crippen LogP) is 10.5. The van der Waals surface area contributed by atoms with E-state index in [-0.39, 0.29) is 5.56 Å². The van der Waals surface area contributed by atoms with Crippen LogP contribution >= 0.6 is 0 Å². The van der Waals surface area contributed by atoms with Crippen LogP contribution in [0, 0.1) is 17.3 Å². The molecule has 0 radical (unpaired) electrons. The van der Waals surface area contributed by atoms with Gasteiger partial charge in [-0.2, -0.15) is 101 Å². The van der Waals surface area contributed by atoms with E-state index >= 15 is 0 Å². The van der Waals surface area contributed by atoms with Gasteiger partial charge in [-0.25, -0.2) is 13.6 Å². The van der Waals surface area contributed by atoms with Gasteiger partial charge in [0.05, 0.1) is 36.4 Å². The van der Waals surface area contributed by atoms with E-state index < -0.39 is 149 Å². The fourth-order valence-electron chi connectivity index (χ4n) is 5.72. The molecule has 0 saturated carbocycles. The van der Waals surface area contributed by atoms with Crippen molar-refractivity contribution in [3.63, 3.8) is 0 Å². The van der Waals surface area contributed by atoms with Crippen LogP contribution in [-0.4, -0.2) is 94.1 Å². The van der Waals surface area contributed by atoms with Gasteiger partial charge in [-0.05, 0) is 49.3 Å². The van der Waals surface area contributed by atoms with Crippen LogP contribution in [-0.2, 0) is 29.1 Å². The zero-order chi connectivity index (χ0) is 49.5. The molecule has 7 nitrogen and oxygen atoms in total. The van der Waals surface area contributed by atoms with Crippen molar-refractivity contribution in [2.45, 2.75) is 117 Å². The van der Waals surface area contributed by atoms with Gasteiger partial charge >= 0.3 is 71.9 Å². The van der Waals surface area contributed by atoms with Gasteiger partial charge in [-0.3, -0.25) is 9.59 Å². The van der Waals surface area contributed by atoms with Crippen LogP contribution in [0.3, 0.4) is 0 Å². The zero-order valence-electron chi connectivity index (χ0n) is 30.9. The average molecular weight is 982 g/mol. The highest BCUT2D eigenvalue weighted by atomic mass is 32.2. The number of halogens is 23. The van der Waals surface area contributed by atoms with E-state index in [0.29, 0.717) is 14.0 Å². The molecule has 0 aliphatic carbocycles. The first-order valence-electron chi connectivity index (χ1n) is 16.4. The summed E-state index contributed by atoms with van der Waals surface area (Å²) in [6.45, 7) is -0.886. The number of nitrogens with two attached hydrogens (primary N) is 1. The molecule has 62 heavy (non-hydrogen) atoms. The molecule has 3 unspecified atom stereocenters. The number of primary sulfonamides is 1. The number of benzene rings is 1. The van der Waals surface area contributed by atoms with Crippen molar-refractivity contribution in [1.29, 1.82) is 0 Å². The summed E-state index contributed by atoms with van der Waals surface area (Å²) in [6.07, 6.45) is -30.3. The van der Waals surface area contributed by atoms with Crippen molar-refractivity contribution < 1.29 is 128 Å². The molecule has 1 aromatic rings. The quantitative estimate of drug-likeness (QED) is 0.103. The number of hydrogen-bond acceptors (Lipinski definition) is 6. The second-order valence-electron chi connectivity index (χ2n) is 13.7. The topological polar surface area (TPSA) is 113 Å². The van der Waals surface area contributed by atoms with Gasteiger partial charge in [0.2, 0.25) is 10.0 Å². The summed E-state index contributed by atoms with van der Waals surface area (Å²) in [6, 6.07) is 3.93. The first kappa shape index (κ1) is 56.5. The fraction of sp³-hybridized carbons (Fsp3) is 0.742. The Morgan fingerprint density at radius 1 is 0.645 bits per heavy atom. The van der Waals surface area contributed by atoms with Crippen LogP contribution in [0.4, 0.5) is 101 Å². The van der Waals surface area contributed by atoms with Gasteiger partial charge in [0.25, 0.3) is 0 Å². The molecular weight excluding hydrogens is 951 g/mol. The first-order valence-corrected chi connectivity index (χ1v) is 18.0. The van der Waals surface area contributed by atoms with E-state index in [4.69, 9.17) is 5.14 Å². The van der Waals surface area contributed by atoms with Crippen LogP contribution in [0.1, 0.15) is 57.4 Å². The molecule has 0 amide bonds. The highest BCUT2D eigenvalue weighted by molar-refractivity contribution is 7.89. The first-order chi connectivity index (χ1) is 27.2. The summed E-state index contributed by atoms with van der Waals surface area (Å²) >= 11 is 0. The minimum absolute atomic E-state index is 0.0699. The van der Waals surface area contributed by atoms with Crippen LogP contribution < -0.4 is 5.14 Å². The lowest BCUT2D eigenvalue weighted by atomic mass is 9.69. The molecule has 0 spiro atoms. The Labute approximate surface area is 333 Å². The highest BCUT2D eigenvalue weighted by Crippen LogP contribution is 2.64. The highest BCUT2D eigenvalue weighted by Gasteiger charge is 2.95. The number of hydrogen-bond donors (Lipinski definition) is 1. The van der Waals surface area contributed by atoms with E-state index in [0.717, 1.165) is 24.3 Å². The summed E-state index contributed by atoms with van der Waals surface area (Å²) in [7, 11) is -3.70. The van der Waals surface area contributed by atoms with Crippen LogP contribution in [0.2, 0.25) is 0 Å². The molecule has 0 saturated heterocycles. The van der Waals surface area contributed by atoms with Crippen molar-refractivity contribution in [3.8, 4) is 0 Å². The van der Waals surface area contributed by atoms with E-state index in [1.807, 2.05) is 0 Å². The number of esters is 2. The number of ether oxygens (including phenoxy) is 2. The monoisotopic (exact) mass is 981 g/mol. The Bertz CT molecular complexity index is 1810. The lowest BCUT2D eigenvalue weighted by molar-refractivity contribution is -0.461. The van der Waals surface area contributed by atoms with Crippen molar-refractivity contribution in [2.24, 2.45) is 22.4 Å². The van der Waals surface area contributed by atoms with E-state index in [2.05, 4.69) is 9.47 Å². The molecule has 2 N–H and O–H groups in total. The maximum atomic E-state index is 14.5. The minimum Gasteiger partial charge on any atom is -0.469 e. The third-order valence-electron chi connectivity index (χ3n) is 9.52. The fourth-order valence-corrected chi connectivity index (χ4v) is 6.23. The number of carbonyl (C=O) groups is 2. The van der Waals surface area contributed by atoms with Gasteiger partial charge in [0.15, 0.2) is 5.92 Å². The summed E-state index contributed by atoms with van der Waals surface area (Å²) in [5.74, 6) is -71.1. The maximum absolute atomic E-state index is 14.5. The van der Waals surface area contributed by atoms with Crippen molar-refractivity contribution in [3.05, 3.63) is 29.8 Å². The molecule has 1 aromatic carbocycles. The molecule has 0 fully saturated rings. The van der Waals surface area contributed by atoms with Crippen LogP contribution in [0.15, 0.2) is 29.2 Å². The molecule has 3 atom stereocenters. The standard InChI is InChI=1S/C31H30F23NO6S/c1-4-21(13-18(23(34,35)36)24(37,38)39,12-16(19(56)60-3)11-14(2)15-5-7-17(8-6-15)62(55,58)59)20(57)61-10-9-22(32,33)25(40,41)26(42,43)27(44,45)28(46,47)29(48,49)30(50,51)31(52,53)54/h5-8,14,16,18H,4,9-13H2,1-3H3,(H2,55,58,59). The van der Waals surface area contributed by atoms with E-state index in [1.165, 1.54) is 6.92 Å². The second kappa shape index (κ2) is 17.8. The minimum atomic E-state index is -8.97. The number of carbonyl (C=O) groups excluding carboxylic acids is 2. The number of alkyl halides is 23. The number of methoxy groups -OCH3 is 1. The summed E-state index contributed by atoms with van der Waals surface area (Å²) in [5, 5.41) is 4.96. The molecule has 362 valence electrons. The summed E-state index contributed by atoms with van der Waals surface area (Å²) < 4.78 is 346. The normalized spacial score (nSPS) is 16.8. The largest absolute Gasteiger partial charge is 0.469 e. The molecular formula is C31H30F23NO6S. The molecule has 0 aromatic heterocycles. The number of rotatable bonds is 20.